The summed E-state index contributed by atoms with van der Waals surface area (Å²) in [5, 5.41) is 18.8. The molecule has 0 bridgehead atoms. The average molecular weight is 365 g/mol. The van der Waals surface area contributed by atoms with Crippen LogP contribution < -0.4 is 5.32 Å². The molecule has 8 heteroatoms. The van der Waals surface area contributed by atoms with Crippen molar-refractivity contribution in [3.63, 3.8) is 0 Å². The van der Waals surface area contributed by atoms with Gasteiger partial charge in [0.2, 0.25) is 5.91 Å². The highest BCUT2D eigenvalue weighted by Gasteiger charge is 2.22. The van der Waals surface area contributed by atoms with Gasteiger partial charge in [-0.05, 0) is 49.6 Å². The molecule has 0 radical (unpaired) electrons. The lowest BCUT2D eigenvalue weighted by Gasteiger charge is -2.14. The van der Waals surface area contributed by atoms with Crippen LogP contribution in [0.4, 0.5) is 4.39 Å². The number of H-pyrrole nitrogens is 1. The van der Waals surface area contributed by atoms with Crippen molar-refractivity contribution in [3.05, 3.63) is 41.3 Å². The molecule has 1 aromatic heterocycles. The number of nitrogens with zero attached hydrogens (tertiary/aromatic N) is 1. The third kappa shape index (κ3) is 5.06. The van der Waals surface area contributed by atoms with Gasteiger partial charge in [0.05, 0.1) is 12.1 Å². The number of aliphatic carboxylic acids is 1. The predicted octanol–water partition coefficient (Wildman–Crippen LogP) is 2.39. The molecule has 6 nitrogen and oxygen atoms in total. The second-order valence-corrected chi connectivity index (χ2v) is 6.58. The number of hydrogen-bond donors (Lipinski definition) is 3. The Hall–Kier alpha value is -2.35. The van der Waals surface area contributed by atoms with Gasteiger partial charge in [-0.3, -0.25) is 9.89 Å². The number of carboxylic acids is 1. The highest BCUT2D eigenvalue weighted by atomic mass is 32.2. The first kappa shape index (κ1) is 19.0. The largest absolute Gasteiger partial charge is 0.480 e. The van der Waals surface area contributed by atoms with Crippen LogP contribution >= 0.6 is 11.8 Å². The number of thioether (sulfide) groups is 1. The molecule has 2 aromatic rings. The maximum Gasteiger partial charge on any atom is 0.326 e. The second kappa shape index (κ2) is 8.66. The van der Waals surface area contributed by atoms with Crippen LogP contribution in [-0.2, 0) is 16.0 Å². The number of hydrogen-bond acceptors (Lipinski definition) is 4. The van der Waals surface area contributed by atoms with Crippen LogP contribution in [0.15, 0.2) is 24.3 Å². The smallest absolute Gasteiger partial charge is 0.326 e. The summed E-state index contributed by atoms with van der Waals surface area (Å²) in [4.78, 5) is 23.5. The summed E-state index contributed by atoms with van der Waals surface area (Å²) in [7, 11) is 0. The zero-order valence-electron chi connectivity index (χ0n) is 14.0. The molecule has 0 aliphatic rings. The van der Waals surface area contributed by atoms with E-state index in [9.17, 15) is 19.1 Å². The van der Waals surface area contributed by atoms with Crippen molar-refractivity contribution < 1.29 is 19.1 Å². The Bertz CT molecular complexity index is 746. The number of rotatable bonds is 8. The van der Waals surface area contributed by atoms with Gasteiger partial charge in [-0.2, -0.15) is 16.9 Å². The minimum Gasteiger partial charge on any atom is -0.480 e. The van der Waals surface area contributed by atoms with E-state index in [1.807, 2.05) is 6.26 Å². The summed E-state index contributed by atoms with van der Waals surface area (Å²) in [6.07, 6.45) is 2.24. The first-order chi connectivity index (χ1) is 11.9. The lowest BCUT2D eigenvalue weighted by molar-refractivity contribution is -0.141. The molecule has 2 rings (SSSR count). The Morgan fingerprint density at radius 3 is 2.64 bits per heavy atom. The van der Waals surface area contributed by atoms with E-state index in [1.54, 1.807) is 19.1 Å². The molecule has 1 heterocycles. The van der Waals surface area contributed by atoms with Crippen LogP contribution in [0.5, 0.6) is 0 Å². The number of aryl methyl sites for hydroxylation is 1. The Morgan fingerprint density at radius 1 is 1.36 bits per heavy atom. The van der Waals surface area contributed by atoms with E-state index >= 15 is 0 Å². The summed E-state index contributed by atoms with van der Waals surface area (Å²) in [6, 6.07) is 4.91. The van der Waals surface area contributed by atoms with Gasteiger partial charge in [0.15, 0.2) is 0 Å². The van der Waals surface area contributed by atoms with Crippen molar-refractivity contribution in [1.29, 1.82) is 0 Å². The van der Waals surface area contributed by atoms with E-state index in [-0.39, 0.29) is 18.1 Å². The van der Waals surface area contributed by atoms with Crippen molar-refractivity contribution in [2.24, 2.45) is 0 Å². The Morgan fingerprint density at radius 2 is 2.04 bits per heavy atom. The molecule has 1 atom stereocenters. The van der Waals surface area contributed by atoms with E-state index in [2.05, 4.69) is 15.5 Å². The minimum atomic E-state index is -1.05. The molecule has 0 aliphatic heterocycles. The van der Waals surface area contributed by atoms with Gasteiger partial charge in [-0.15, -0.1) is 0 Å². The quantitative estimate of drug-likeness (QED) is 0.668. The standard InChI is InChI=1S/C17H20FN3O3S/c1-10-13(9-15(22)19-14(17(23)24)7-8-25-2)16(21-20-10)11-3-5-12(18)6-4-11/h3-6,14H,7-9H2,1-2H3,(H,19,22)(H,20,21)(H,23,24)/t14-/m0/s1. The lowest BCUT2D eigenvalue weighted by atomic mass is 10.0. The topological polar surface area (TPSA) is 95.1 Å². The highest BCUT2D eigenvalue weighted by Crippen LogP contribution is 2.24. The van der Waals surface area contributed by atoms with Crippen LogP contribution in [-0.4, -0.2) is 45.2 Å². The molecule has 25 heavy (non-hydrogen) atoms. The second-order valence-electron chi connectivity index (χ2n) is 5.60. The Kier molecular flexibility index (Phi) is 6.58. The molecule has 3 N–H and O–H groups in total. The monoisotopic (exact) mass is 365 g/mol. The van der Waals surface area contributed by atoms with Gasteiger partial charge < -0.3 is 10.4 Å². The van der Waals surface area contributed by atoms with Gasteiger partial charge >= 0.3 is 5.97 Å². The molecule has 134 valence electrons. The van der Waals surface area contributed by atoms with Gasteiger partial charge in [-0.1, -0.05) is 0 Å². The number of amides is 1. The Labute approximate surface area is 149 Å². The van der Waals surface area contributed by atoms with E-state index in [1.165, 1.54) is 23.9 Å². The first-order valence-electron chi connectivity index (χ1n) is 7.73. The van der Waals surface area contributed by atoms with Crippen molar-refractivity contribution in [2.45, 2.75) is 25.8 Å². The number of carboxylic acid groups (broad SMARTS) is 1. The molecule has 0 spiro atoms. The maximum atomic E-state index is 13.1. The van der Waals surface area contributed by atoms with Crippen molar-refractivity contribution in [2.75, 3.05) is 12.0 Å². The molecule has 0 saturated heterocycles. The van der Waals surface area contributed by atoms with Crippen molar-refractivity contribution in [3.8, 4) is 11.3 Å². The molecule has 0 unspecified atom stereocenters. The summed E-state index contributed by atoms with van der Waals surface area (Å²) in [6.45, 7) is 1.78. The van der Waals surface area contributed by atoms with Gasteiger partial charge in [0, 0.05) is 16.8 Å². The summed E-state index contributed by atoms with van der Waals surface area (Å²) < 4.78 is 13.1. The molecular weight excluding hydrogens is 345 g/mol. The van der Waals surface area contributed by atoms with Crippen LogP contribution in [0.3, 0.4) is 0 Å². The van der Waals surface area contributed by atoms with Crippen molar-refractivity contribution >= 4 is 23.6 Å². The number of aromatic amines is 1. The maximum absolute atomic E-state index is 13.1. The van der Waals surface area contributed by atoms with Crippen LogP contribution in [0, 0.1) is 12.7 Å². The van der Waals surface area contributed by atoms with Gasteiger partial charge in [0.25, 0.3) is 0 Å². The molecule has 1 aromatic carbocycles. The highest BCUT2D eigenvalue weighted by molar-refractivity contribution is 7.98. The van der Waals surface area contributed by atoms with E-state index < -0.39 is 12.0 Å². The normalized spacial score (nSPS) is 12.0. The van der Waals surface area contributed by atoms with E-state index in [4.69, 9.17) is 0 Å². The lowest BCUT2D eigenvalue weighted by Crippen LogP contribution is -2.42. The SMILES string of the molecule is CSCC[C@H](NC(=O)Cc1c(-c2ccc(F)cc2)n[nH]c1C)C(=O)O. The fourth-order valence-corrected chi connectivity index (χ4v) is 2.89. The number of aromatic nitrogens is 2. The van der Waals surface area contributed by atoms with Gasteiger partial charge in [0.1, 0.15) is 11.9 Å². The minimum absolute atomic E-state index is 0.00189. The Balaban J connectivity index is 2.14. The predicted molar refractivity (Wildman–Crippen MR) is 95.0 cm³/mol. The number of halogens is 1. The fraction of sp³-hybridized carbons (Fsp3) is 0.353. The zero-order chi connectivity index (χ0) is 18.4. The molecule has 0 fully saturated rings. The van der Waals surface area contributed by atoms with E-state index in [0.29, 0.717) is 34.7 Å². The van der Waals surface area contributed by atoms with Gasteiger partial charge in [-0.25, -0.2) is 9.18 Å². The summed E-state index contributed by atoms with van der Waals surface area (Å²) in [5.41, 5.74) is 2.62. The molecule has 0 saturated carbocycles. The number of carbonyl (C=O) groups excluding carboxylic acids is 1. The van der Waals surface area contributed by atoms with Crippen molar-refractivity contribution in [1.82, 2.24) is 15.5 Å². The van der Waals surface area contributed by atoms with Crippen LogP contribution in [0.2, 0.25) is 0 Å². The third-order valence-electron chi connectivity index (χ3n) is 3.77. The average Bonchev–Trinajstić information content (AvgIpc) is 2.93. The van der Waals surface area contributed by atoms with Crippen LogP contribution in [0.25, 0.3) is 11.3 Å². The molecule has 0 aliphatic carbocycles. The molecule has 1 amide bonds. The third-order valence-corrected chi connectivity index (χ3v) is 4.42. The fourth-order valence-electron chi connectivity index (χ4n) is 2.41. The van der Waals surface area contributed by atoms with E-state index in [0.717, 1.165) is 0 Å². The number of carbonyl (C=O) groups is 2. The number of nitrogens with one attached hydrogen (secondary N) is 2. The molecular formula is C17H20FN3O3S. The zero-order valence-corrected chi connectivity index (χ0v) is 14.8. The summed E-state index contributed by atoms with van der Waals surface area (Å²) in [5.74, 6) is -1.15. The summed E-state index contributed by atoms with van der Waals surface area (Å²) >= 11 is 1.52. The van der Waals surface area contributed by atoms with Crippen LogP contribution in [0.1, 0.15) is 17.7 Å². The first-order valence-corrected chi connectivity index (χ1v) is 9.12. The number of benzene rings is 1.